The molecule has 0 saturated carbocycles. The van der Waals surface area contributed by atoms with Crippen LogP contribution in [0.4, 0.5) is 0 Å². The quantitative estimate of drug-likeness (QED) is 0.820. The number of Topliss-reactive ketones (excluding diaryl/α,β-unsaturated/α-hetero) is 1. The second-order valence-electron chi connectivity index (χ2n) is 4.55. The van der Waals surface area contributed by atoms with E-state index in [9.17, 15) is 4.79 Å². The summed E-state index contributed by atoms with van der Waals surface area (Å²) in [6, 6.07) is 9.37. The molecule has 1 heterocycles. The fraction of sp³-hybridized carbons (Fsp3) is 0.333. The molecule has 0 radical (unpaired) electrons. The number of pyridine rings is 1. The predicted octanol–water partition coefficient (Wildman–Crippen LogP) is 2.94. The number of rotatable bonds is 5. The van der Waals surface area contributed by atoms with Crippen LogP contribution in [0.25, 0.3) is 10.9 Å². The number of carbonyl (C=O) groups excluding carboxylic acids is 1. The largest absolute Gasteiger partial charge is 0.327 e. The van der Waals surface area contributed by atoms with Gasteiger partial charge in [-0.2, -0.15) is 0 Å². The van der Waals surface area contributed by atoms with Crippen molar-refractivity contribution in [3.63, 3.8) is 0 Å². The van der Waals surface area contributed by atoms with Crippen LogP contribution >= 0.6 is 0 Å². The molecule has 18 heavy (non-hydrogen) atoms. The summed E-state index contributed by atoms with van der Waals surface area (Å²) in [6.07, 6.45) is 4.03. The first-order valence-corrected chi connectivity index (χ1v) is 6.35. The molecule has 0 spiro atoms. The summed E-state index contributed by atoms with van der Waals surface area (Å²) in [7, 11) is 0. The van der Waals surface area contributed by atoms with Crippen molar-refractivity contribution in [1.82, 2.24) is 4.98 Å². The minimum absolute atomic E-state index is 0.0468. The van der Waals surface area contributed by atoms with Crippen molar-refractivity contribution in [2.75, 3.05) is 0 Å². The maximum absolute atomic E-state index is 12.2. The molecule has 3 nitrogen and oxygen atoms in total. The Kier molecular flexibility index (Phi) is 4.05. The predicted molar refractivity (Wildman–Crippen MR) is 73.6 cm³/mol. The zero-order valence-electron chi connectivity index (χ0n) is 10.6. The molecule has 0 saturated heterocycles. The van der Waals surface area contributed by atoms with Crippen LogP contribution in [-0.4, -0.2) is 16.8 Å². The normalized spacial score (nSPS) is 12.6. The molecular weight excluding hydrogens is 224 g/mol. The van der Waals surface area contributed by atoms with Crippen LogP contribution in [0.15, 0.2) is 36.5 Å². The lowest BCUT2D eigenvalue weighted by atomic mass is 9.98. The van der Waals surface area contributed by atoms with Crippen molar-refractivity contribution in [3.05, 3.63) is 42.1 Å². The van der Waals surface area contributed by atoms with Crippen LogP contribution in [0.1, 0.15) is 36.5 Å². The van der Waals surface area contributed by atoms with Crippen LogP contribution < -0.4 is 5.73 Å². The lowest BCUT2D eigenvalue weighted by molar-refractivity contribution is 0.0975. The van der Waals surface area contributed by atoms with E-state index in [4.69, 9.17) is 5.73 Å². The highest BCUT2D eigenvalue weighted by Crippen LogP contribution is 2.18. The van der Waals surface area contributed by atoms with E-state index in [1.165, 1.54) is 0 Å². The highest BCUT2D eigenvalue weighted by atomic mass is 16.1. The smallest absolute Gasteiger partial charge is 0.165 e. The first-order valence-electron chi connectivity index (χ1n) is 6.35. The average molecular weight is 242 g/mol. The minimum Gasteiger partial charge on any atom is -0.327 e. The molecule has 0 aliphatic rings. The molecular formula is C15H18N2O. The second kappa shape index (κ2) is 5.74. The maximum Gasteiger partial charge on any atom is 0.165 e. The molecule has 1 aromatic carbocycles. The topological polar surface area (TPSA) is 56.0 Å². The van der Waals surface area contributed by atoms with Crippen molar-refractivity contribution in [2.45, 2.75) is 32.2 Å². The number of aromatic nitrogens is 1. The third kappa shape index (κ3) is 2.74. The van der Waals surface area contributed by atoms with Gasteiger partial charge in [0.25, 0.3) is 0 Å². The van der Waals surface area contributed by atoms with E-state index in [1.54, 1.807) is 6.20 Å². The Labute approximate surface area is 107 Å². The fourth-order valence-corrected chi connectivity index (χ4v) is 2.17. The van der Waals surface area contributed by atoms with E-state index in [2.05, 4.69) is 11.9 Å². The summed E-state index contributed by atoms with van der Waals surface area (Å²) in [4.78, 5) is 16.5. The van der Waals surface area contributed by atoms with E-state index < -0.39 is 0 Å². The first kappa shape index (κ1) is 12.7. The minimum atomic E-state index is -0.0468. The zero-order valence-corrected chi connectivity index (χ0v) is 10.6. The lowest BCUT2D eigenvalue weighted by Gasteiger charge is -2.10. The number of nitrogens with two attached hydrogens (primary N) is 1. The van der Waals surface area contributed by atoms with Crippen molar-refractivity contribution >= 4 is 16.7 Å². The van der Waals surface area contributed by atoms with Gasteiger partial charge < -0.3 is 5.73 Å². The Hall–Kier alpha value is -1.74. The van der Waals surface area contributed by atoms with E-state index >= 15 is 0 Å². The van der Waals surface area contributed by atoms with Gasteiger partial charge in [0.15, 0.2) is 5.78 Å². The van der Waals surface area contributed by atoms with Crippen LogP contribution in [0.5, 0.6) is 0 Å². The monoisotopic (exact) mass is 242 g/mol. The highest BCUT2D eigenvalue weighted by Gasteiger charge is 2.13. The van der Waals surface area contributed by atoms with Crippen molar-refractivity contribution in [2.24, 2.45) is 5.73 Å². The number of fused-ring (bicyclic) bond motifs is 1. The third-order valence-electron chi connectivity index (χ3n) is 3.05. The lowest BCUT2D eigenvalue weighted by Crippen LogP contribution is -2.23. The Morgan fingerprint density at radius 2 is 2.17 bits per heavy atom. The van der Waals surface area contributed by atoms with Crippen molar-refractivity contribution in [3.8, 4) is 0 Å². The Morgan fingerprint density at radius 3 is 2.94 bits per heavy atom. The molecule has 94 valence electrons. The molecule has 1 unspecified atom stereocenters. The van der Waals surface area contributed by atoms with E-state index in [1.807, 2.05) is 30.3 Å². The molecule has 3 heteroatoms. The summed E-state index contributed by atoms with van der Waals surface area (Å²) in [5.74, 6) is 0.106. The van der Waals surface area contributed by atoms with Crippen LogP contribution in [-0.2, 0) is 0 Å². The molecule has 2 N–H and O–H groups in total. The maximum atomic E-state index is 12.2. The summed E-state index contributed by atoms with van der Waals surface area (Å²) in [5, 5.41) is 0.911. The van der Waals surface area contributed by atoms with Gasteiger partial charge in [0.1, 0.15) is 0 Å². The number of nitrogens with zero attached hydrogens (tertiary/aromatic N) is 1. The Morgan fingerprint density at radius 1 is 1.33 bits per heavy atom. The van der Waals surface area contributed by atoms with Gasteiger partial charge in [-0.3, -0.25) is 9.78 Å². The molecule has 2 rings (SSSR count). The average Bonchev–Trinajstić information content (AvgIpc) is 2.38. The molecule has 0 aliphatic carbocycles. The summed E-state index contributed by atoms with van der Waals surface area (Å²) in [6.45, 7) is 2.08. The highest BCUT2D eigenvalue weighted by molar-refractivity contribution is 6.07. The molecule has 2 aromatic rings. The van der Waals surface area contributed by atoms with E-state index in [0.29, 0.717) is 6.42 Å². The molecule has 0 amide bonds. The van der Waals surface area contributed by atoms with Gasteiger partial charge in [-0.1, -0.05) is 31.5 Å². The molecule has 0 fully saturated rings. The van der Waals surface area contributed by atoms with Gasteiger partial charge in [0.2, 0.25) is 0 Å². The first-order chi connectivity index (χ1) is 8.72. The van der Waals surface area contributed by atoms with Crippen LogP contribution in [0, 0.1) is 0 Å². The number of ketones is 1. The van der Waals surface area contributed by atoms with Gasteiger partial charge in [-0.05, 0) is 18.6 Å². The van der Waals surface area contributed by atoms with E-state index in [0.717, 1.165) is 29.3 Å². The standard InChI is InChI=1S/C15H18N2O/c1-2-5-11(16)10-15(18)13-6-3-8-14-12(13)7-4-9-17-14/h3-4,6-9,11H,2,5,10,16H2,1H3. The number of carbonyl (C=O) groups is 1. The van der Waals surface area contributed by atoms with Crippen molar-refractivity contribution < 1.29 is 4.79 Å². The number of benzene rings is 1. The number of hydrogen-bond donors (Lipinski definition) is 1. The van der Waals surface area contributed by atoms with Gasteiger partial charge >= 0.3 is 0 Å². The second-order valence-corrected chi connectivity index (χ2v) is 4.55. The van der Waals surface area contributed by atoms with Gasteiger partial charge in [0.05, 0.1) is 5.52 Å². The van der Waals surface area contributed by atoms with Crippen LogP contribution in [0.2, 0.25) is 0 Å². The van der Waals surface area contributed by atoms with Gasteiger partial charge in [0, 0.05) is 29.6 Å². The molecule has 0 bridgehead atoms. The molecule has 1 atom stereocenters. The third-order valence-corrected chi connectivity index (χ3v) is 3.05. The molecule has 0 aliphatic heterocycles. The van der Waals surface area contributed by atoms with Crippen molar-refractivity contribution in [1.29, 1.82) is 0 Å². The Balaban J connectivity index is 2.28. The molecule has 1 aromatic heterocycles. The summed E-state index contributed by atoms with van der Waals surface area (Å²) < 4.78 is 0. The SMILES string of the molecule is CCCC(N)CC(=O)c1cccc2ncccc12. The van der Waals surface area contributed by atoms with Gasteiger partial charge in [-0.15, -0.1) is 0 Å². The Bertz CT molecular complexity index is 546. The fourth-order valence-electron chi connectivity index (χ4n) is 2.17. The zero-order chi connectivity index (χ0) is 13.0. The number of hydrogen-bond acceptors (Lipinski definition) is 3. The van der Waals surface area contributed by atoms with E-state index in [-0.39, 0.29) is 11.8 Å². The van der Waals surface area contributed by atoms with Gasteiger partial charge in [-0.25, -0.2) is 0 Å². The summed E-state index contributed by atoms with van der Waals surface area (Å²) in [5.41, 5.74) is 7.51. The summed E-state index contributed by atoms with van der Waals surface area (Å²) >= 11 is 0. The van der Waals surface area contributed by atoms with Crippen LogP contribution in [0.3, 0.4) is 0 Å².